The van der Waals surface area contributed by atoms with Crippen LogP contribution in [0, 0.1) is 5.92 Å². The smallest absolute Gasteiger partial charge is 0.290 e. The van der Waals surface area contributed by atoms with Gasteiger partial charge in [-0.15, -0.1) is 0 Å². The van der Waals surface area contributed by atoms with Crippen LogP contribution < -0.4 is 4.72 Å². The van der Waals surface area contributed by atoms with E-state index in [-0.39, 0.29) is 17.8 Å². The number of hydrogen-bond acceptors (Lipinski definition) is 3. The molecule has 0 amide bonds. The molecule has 0 radical (unpaired) electrons. The fourth-order valence-electron chi connectivity index (χ4n) is 2.26. The third kappa shape index (κ3) is 4.63. The number of carboxylic acid groups (broad SMARTS) is 1. The molecule has 0 aromatic carbocycles. The lowest BCUT2D eigenvalue weighted by molar-refractivity contribution is -0.122. The molecule has 0 heterocycles. The third-order valence-electron chi connectivity index (χ3n) is 3.41. The number of nitrogens with one attached hydrogen (secondary N) is 1. The van der Waals surface area contributed by atoms with Crippen LogP contribution in [0.15, 0.2) is 0 Å². The zero-order chi connectivity index (χ0) is 12.9. The second-order valence-electron chi connectivity index (χ2n) is 4.75. The molecule has 2 N–H and O–H groups in total. The van der Waals surface area contributed by atoms with Gasteiger partial charge in [0.15, 0.2) is 0 Å². The Bertz CT molecular complexity index is 337. The minimum absolute atomic E-state index is 0.0665. The van der Waals surface area contributed by atoms with E-state index in [0.717, 1.165) is 31.6 Å². The fraction of sp³-hybridized carbons (Fsp3) is 0.909. The summed E-state index contributed by atoms with van der Waals surface area (Å²) >= 11 is 0. The van der Waals surface area contributed by atoms with Gasteiger partial charge in [0.05, 0.1) is 5.25 Å². The maximum absolute atomic E-state index is 11.6. The number of carbonyl (C=O) groups is 1. The summed E-state index contributed by atoms with van der Waals surface area (Å²) in [5.41, 5.74) is 0. The molecule has 2 fully saturated rings. The molecule has 0 saturated heterocycles. The summed E-state index contributed by atoms with van der Waals surface area (Å²) in [6.07, 6.45) is 6.17. The predicted octanol–water partition coefficient (Wildman–Crippen LogP) is 1.35. The van der Waals surface area contributed by atoms with Crippen LogP contribution in [-0.2, 0) is 14.8 Å². The van der Waals surface area contributed by atoms with E-state index < -0.39 is 10.0 Å². The van der Waals surface area contributed by atoms with Crippen LogP contribution in [0.3, 0.4) is 0 Å². The fourth-order valence-corrected chi connectivity index (χ4v) is 3.89. The lowest BCUT2D eigenvalue weighted by Crippen LogP contribution is -2.35. The van der Waals surface area contributed by atoms with Crippen molar-refractivity contribution in [2.45, 2.75) is 56.7 Å². The summed E-state index contributed by atoms with van der Waals surface area (Å²) in [5, 5.41) is 6.82. The van der Waals surface area contributed by atoms with Crippen LogP contribution in [0.5, 0.6) is 0 Å². The molecule has 5 nitrogen and oxygen atoms in total. The molecule has 100 valence electrons. The molecule has 2 aliphatic carbocycles. The Morgan fingerprint density at radius 2 is 1.88 bits per heavy atom. The van der Waals surface area contributed by atoms with Gasteiger partial charge in [-0.25, -0.2) is 13.1 Å². The molecule has 0 aromatic rings. The lowest BCUT2D eigenvalue weighted by atomic mass is 10.1. The largest absolute Gasteiger partial charge is 0.483 e. The van der Waals surface area contributed by atoms with E-state index in [1.807, 2.05) is 0 Å². The minimum atomic E-state index is -2.95. The normalized spacial score (nSPS) is 28.3. The highest BCUT2D eigenvalue weighted by Gasteiger charge is 2.38. The molecule has 0 bridgehead atoms. The third-order valence-corrected chi connectivity index (χ3v) is 5.42. The molecule has 2 aliphatic rings. The van der Waals surface area contributed by atoms with Gasteiger partial charge in [-0.2, -0.15) is 0 Å². The highest BCUT2D eigenvalue weighted by Crippen LogP contribution is 2.32. The molecule has 2 atom stereocenters. The first kappa shape index (κ1) is 14.4. The Balaban J connectivity index is 0.000000437. The van der Waals surface area contributed by atoms with Crippen LogP contribution in [-0.4, -0.2) is 31.3 Å². The van der Waals surface area contributed by atoms with E-state index in [1.54, 1.807) is 0 Å². The molecule has 6 heteroatoms. The molecule has 0 aromatic heterocycles. The van der Waals surface area contributed by atoms with Crippen molar-refractivity contribution < 1.29 is 18.3 Å². The van der Waals surface area contributed by atoms with Crippen molar-refractivity contribution in [3.8, 4) is 0 Å². The summed E-state index contributed by atoms with van der Waals surface area (Å²) in [5.74, 6) is 0.738. The molecule has 0 aliphatic heterocycles. The first-order valence-corrected chi connectivity index (χ1v) is 7.67. The van der Waals surface area contributed by atoms with E-state index in [2.05, 4.69) is 11.6 Å². The van der Waals surface area contributed by atoms with Crippen molar-refractivity contribution >= 4 is 16.5 Å². The zero-order valence-corrected chi connectivity index (χ0v) is 10.9. The van der Waals surface area contributed by atoms with Crippen LogP contribution in [0.4, 0.5) is 0 Å². The molecular weight excluding hydrogens is 242 g/mol. The first-order valence-electron chi connectivity index (χ1n) is 6.12. The van der Waals surface area contributed by atoms with E-state index in [1.165, 1.54) is 12.8 Å². The van der Waals surface area contributed by atoms with Gasteiger partial charge in [-0.1, -0.05) is 13.3 Å². The van der Waals surface area contributed by atoms with Crippen molar-refractivity contribution in [3.05, 3.63) is 0 Å². The van der Waals surface area contributed by atoms with Gasteiger partial charge in [0.1, 0.15) is 0 Å². The SMILES string of the molecule is CCC1CCC(NS(=O)(=O)C2CC2)C1.O=CO. The quantitative estimate of drug-likeness (QED) is 0.750. The van der Waals surface area contributed by atoms with Crippen molar-refractivity contribution in [3.63, 3.8) is 0 Å². The average Bonchev–Trinajstić information content (AvgIpc) is 3.03. The monoisotopic (exact) mass is 263 g/mol. The Morgan fingerprint density at radius 3 is 2.29 bits per heavy atom. The van der Waals surface area contributed by atoms with Gasteiger partial charge < -0.3 is 5.11 Å². The summed E-state index contributed by atoms with van der Waals surface area (Å²) in [7, 11) is -2.95. The number of hydrogen-bond donors (Lipinski definition) is 2. The van der Waals surface area contributed by atoms with Crippen molar-refractivity contribution in [2.75, 3.05) is 0 Å². The minimum Gasteiger partial charge on any atom is -0.483 e. The summed E-state index contributed by atoms with van der Waals surface area (Å²) in [4.78, 5) is 8.36. The van der Waals surface area contributed by atoms with Gasteiger partial charge in [-0.3, -0.25) is 4.79 Å². The summed E-state index contributed by atoms with van der Waals surface area (Å²) < 4.78 is 26.1. The maximum Gasteiger partial charge on any atom is 0.290 e. The van der Waals surface area contributed by atoms with Gasteiger partial charge in [0, 0.05) is 6.04 Å². The molecule has 2 saturated carbocycles. The Hall–Kier alpha value is -0.620. The lowest BCUT2D eigenvalue weighted by Gasteiger charge is -2.12. The van der Waals surface area contributed by atoms with E-state index >= 15 is 0 Å². The van der Waals surface area contributed by atoms with Crippen molar-refractivity contribution in [2.24, 2.45) is 5.92 Å². The highest BCUT2D eigenvalue weighted by atomic mass is 32.2. The van der Waals surface area contributed by atoms with Crippen molar-refractivity contribution in [1.82, 2.24) is 4.72 Å². The molecule has 0 spiro atoms. The van der Waals surface area contributed by atoms with E-state index in [9.17, 15) is 8.42 Å². The molecule has 2 unspecified atom stereocenters. The summed E-state index contributed by atoms with van der Waals surface area (Å²) in [6, 6.07) is 0.227. The average molecular weight is 263 g/mol. The van der Waals surface area contributed by atoms with E-state index in [4.69, 9.17) is 9.90 Å². The van der Waals surface area contributed by atoms with Crippen molar-refractivity contribution in [1.29, 1.82) is 0 Å². The highest BCUT2D eigenvalue weighted by molar-refractivity contribution is 7.90. The standard InChI is InChI=1S/C10H19NO2S.CH2O2/c1-2-8-3-4-9(7-8)11-14(12,13)10-5-6-10;2-1-3/h8-11H,2-7H2,1H3;1H,(H,2,3). The topological polar surface area (TPSA) is 83.5 Å². The van der Waals surface area contributed by atoms with Crippen LogP contribution >= 0.6 is 0 Å². The van der Waals surface area contributed by atoms with Gasteiger partial charge in [-0.05, 0) is 38.0 Å². The van der Waals surface area contributed by atoms with Crippen LogP contribution in [0.25, 0.3) is 0 Å². The van der Waals surface area contributed by atoms with Gasteiger partial charge in [0.2, 0.25) is 10.0 Å². The predicted molar refractivity (Wildman–Crippen MR) is 65.2 cm³/mol. The summed E-state index contributed by atoms with van der Waals surface area (Å²) in [6.45, 7) is 1.93. The Morgan fingerprint density at radius 1 is 1.29 bits per heavy atom. The second kappa shape index (κ2) is 6.35. The van der Waals surface area contributed by atoms with E-state index in [0.29, 0.717) is 0 Å². The van der Waals surface area contributed by atoms with Crippen LogP contribution in [0.1, 0.15) is 45.4 Å². The first-order chi connectivity index (χ1) is 8.03. The zero-order valence-electron chi connectivity index (χ0n) is 10.1. The maximum atomic E-state index is 11.6. The number of rotatable bonds is 4. The number of sulfonamides is 1. The molecular formula is C11H21NO4S. The molecule has 2 rings (SSSR count). The van der Waals surface area contributed by atoms with Gasteiger partial charge >= 0.3 is 0 Å². The molecule has 17 heavy (non-hydrogen) atoms. The second-order valence-corrected chi connectivity index (χ2v) is 6.74. The van der Waals surface area contributed by atoms with Gasteiger partial charge in [0.25, 0.3) is 6.47 Å². The Kier molecular flexibility index (Phi) is 5.39. The Labute approximate surface area is 103 Å². The van der Waals surface area contributed by atoms with Crippen LogP contribution in [0.2, 0.25) is 0 Å².